The summed E-state index contributed by atoms with van der Waals surface area (Å²) in [6.45, 7) is 2.65. The molecule has 0 spiro atoms. The summed E-state index contributed by atoms with van der Waals surface area (Å²) in [4.78, 5) is 20.6. The van der Waals surface area contributed by atoms with Gasteiger partial charge in [-0.15, -0.1) is 11.3 Å². The molecule has 0 atom stereocenters. The molecule has 2 aromatic rings. The first-order valence-electron chi connectivity index (χ1n) is 8.99. The van der Waals surface area contributed by atoms with Gasteiger partial charge in [-0.05, 0) is 32.3 Å². The minimum absolute atomic E-state index is 0.241. The van der Waals surface area contributed by atoms with Crippen LogP contribution in [-0.2, 0) is 17.8 Å². The fourth-order valence-corrected chi connectivity index (χ4v) is 4.37. The zero-order valence-corrected chi connectivity index (χ0v) is 15.8. The van der Waals surface area contributed by atoms with E-state index >= 15 is 0 Å². The third-order valence-corrected chi connectivity index (χ3v) is 6.02. The minimum Gasteiger partial charge on any atom is -0.496 e. The summed E-state index contributed by atoms with van der Waals surface area (Å²) in [5.41, 5.74) is 3.99. The van der Waals surface area contributed by atoms with E-state index in [-0.39, 0.29) is 5.91 Å². The molecule has 1 saturated carbocycles. The summed E-state index contributed by atoms with van der Waals surface area (Å²) in [7, 11) is 1.69. The van der Waals surface area contributed by atoms with E-state index in [4.69, 9.17) is 4.74 Å². The van der Waals surface area contributed by atoms with E-state index in [0.717, 1.165) is 36.3 Å². The van der Waals surface area contributed by atoms with Gasteiger partial charge in [0.15, 0.2) is 0 Å². The topological polar surface area (TPSA) is 42.4 Å². The molecule has 1 heterocycles. The van der Waals surface area contributed by atoms with Crippen LogP contribution in [0.1, 0.15) is 48.2 Å². The number of carbonyl (C=O) groups excluding carboxylic acids is 1. The van der Waals surface area contributed by atoms with Crippen molar-refractivity contribution in [3.05, 3.63) is 45.9 Å². The second kappa shape index (κ2) is 8.48. The van der Waals surface area contributed by atoms with Crippen molar-refractivity contribution < 1.29 is 9.53 Å². The van der Waals surface area contributed by atoms with Crippen LogP contribution in [0.3, 0.4) is 0 Å². The molecule has 1 amide bonds. The van der Waals surface area contributed by atoms with Crippen molar-refractivity contribution >= 4 is 17.2 Å². The number of amides is 1. The second-order valence-corrected chi connectivity index (χ2v) is 7.57. The highest BCUT2D eigenvalue weighted by Crippen LogP contribution is 2.28. The van der Waals surface area contributed by atoms with Gasteiger partial charge in [-0.25, -0.2) is 4.98 Å². The standard InChI is InChI=1S/C20H26N2O2S/c1-15-19(25-14-21-15)11-12-20(23)22(17-8-4-5-9-17)13-16-7-3-6-10-18(16)24-2/h3,6-7,10,14,17H,4-5,8-9,11-13H2,1-2H3. The Balaban J connectivity index is 1.72. The van der Waals surface area contributed by atoms with Crippen molar-refractivity contribution in [2.24, 2.45) is 0 Å². The van der Waals surface area contributed by atoms with Crippen LogP contribution in [0.5, 0.6) is 5.75 Å². The number of ether oxygens (including phenoxy) is 1. The van der Waals surface area contributed by atoms with Crippen molar-refractivity contribution in [2.45, 2.75) is 58.0 Å². The molecule has 1 aliphatic carbocycles. The molecular weight excluding hydrogens is 332 g/mol. The number of carbonyl (C=O) groups is 1. The highest BCUT2D eigenvalue weighted by Gasteiger charge is 2.27. The SMILES string of the molecule is COc1ccccc1CN(C(=O)CCc1scnc1C)C1CCCC1. The molecular formula is C20H26N2O2S. The van der Waals surface area contributed by atoms with Crippen LogP contribution in [0.15, 0.2) is 29.8 Å². The maximum atomic E-state index is 13.0. The number of benzene rings is 1. The lowest BCUT2D eigenvalue weighted by Crippen LogP contribution is -2.38. The maximum absolute atomic E-state index is 13.0. The van der Waals surface area contributed by atoms with Crippen molar-refractivity contribution in [1.82, 2.24) is 9.88 Å². The molecule has 3 rings (SSSR count). The van der Waals surface area contributed by atoms with E-state index in [0.29, 0.717) is 19.0 Å². The lowest BCUT2D eigenvalue weighted by Gasteiger charge is -2.30. The number of nitrogens with zero attached hydrogens (tertiary/aromatic N) is 2. The van der Waals surface area contributed by atoms with Gasteiger partial charge in [-0.1, -0.05) is 31.0 Å². The number of rotatable bonds is 7. The van der Waals surface area contributed by atoms with E-state index in [1.165, 1.54) is 17.7 Å². The van der Waals surface area contributed by atoms with Crippen LogP contribution in [0, 0.1) is 6.92 Å². The minimum atomic E-state index is 0.241. The monoisotopic (exact) mass is 358 g/mol. The fourth-order valence-electron chi connectivity index (χ4n) is 3.58. The van der Waals surface area contributed by atoms with Crippen molar-refractivity contribution in [3.63, 3.8) is 0 Å². The highest BCUT2D eigenvalue weighted by molar-refractivity contribution is 7.09. The van der Waals surface area contributed by atoms with Gasteiger partial charge in [0.1, 0.15) is 5.75 Å². The Hall–Kier alpha value is -1.88. The van der Waals surface area contributed by atoms with Crippen molar-refractivity contribution in [2.75, 3.05) is 7.11 Å². The van der Waals surface area contributed by atoms with Crippen LogP contribution in [-0.4, -0.2) is 28.9 Å². The highest BCUT2D eigenvalue weighted by atomic mass is 32.1. The molecule has 1 aromatic heterocycles. The summed E-state index contributed by atoms with van der Waals surface area (Å²) in [6.07, 6.45) is 5.99. The lowest BCUT2D eigenvalue weighted by molar-refractivity contribution is -0.134. The zero-order valence-electron chi connectivity index (χ0n) is 15.0. The molecule has 0 saturated heterocycles. The summed E-state index contributed by atoms with van der Waals surface area (Å²) in [6, 6.07) is 8.36. The summed E-state index contributed by atoms with van der Waals surface area (Å²) in [5, 5.41) is 0. The Morgan fingerprint density at radius 3 is 2.76 bits per heavy atom. The van der Waals surface area contributed by atoms with Gasteiger partial charge in [-0.2, -0.15) is 0 Å². The van der Waals surface area contributed by atoms with Crippen LogP contribution in [0.25, 0.3) is 0 Å². The van der Waals surface area contributed by atoms with Crippen LogP contribution >= 0.6 is 11.3 Å². The third-order valence-electron chi connectivity index (χ3n) is 5.03. The first-order chi connectivity index (χ1) is 12.2. The molecule has 1 fully saturated rings. The number of thiazole rings is 1. The zero-order chi connectivity index (χ0) is 17.6. The van der Waals surface area contributed by atoms with E-state index in [1.54, 1.807) is 18.4 Å². The first-order valence-corrected chi connectivity index (χ1v) is 9.87. The van der Waals surface area contributed by atoms with E-state index in [2.05, 4.69) is 16.0 Å². The Morgan fingerprint density at radius 2 is 2.08 bits per heavy atom. The molecule has 1 aliphatic rings. The largest absolute Gasteiger partial charge is 0.496 e. The molecule has 0 aliphatic heterocycles. The quantitative estimate of drug-likeness (QED) is 0.738. The second-order valence-electron chi connectivity index (χ2n) is 6.63. The van der Waals surface area contributed by atoms with Gasteiger partial charge in [0.2, 0.25) is 5.91 Å². The molecule has 1 aromatic carbocycles. The number of aromatic nitrogens is 1. The molecule has 0 bridgehead atoms. The Bertz CT molecular complexity index is 707. The molecule has 25 heavy (non-hydrogen) atoms. The third kappa shape index (κ3) is 4.40. The molecule has 4 nitrogen and oxygen atoms in total. The molecule has 134 valence electrons. The fraction of sp³-hybridized carbons (Fsp3) is 0.500. The van der Waals surface area contributed by atoms with Gasteiger partial charge in [-0.3, -0.25) is 4.79 Å². The van der Waals surface area contributed by atoms with E-state index in [1.807, 2.05) is 30.6 Å². The molecule has 0 radical (unpaired) electrons. The van der Waals surface area contributed by atoms with Gasteiger partial charge in [0, 0.05) is 29.4 Å². The number of hydrogen-bond acceptors (Lipinski definition) is 4. The number of hydrogen-bond donors (Lipinski definition) is 0. The average molecular weight is 359 g/mol. The number of para-hydroxylation sites is 1. The average Bonchev–Trinajstić information content (AvgIpc) is 3.29. The van der Waals surface area contributed by atoms with Gasteiger partial charge >= 0.3 is 0 Å². The number of aryl methyl sites for hydroxylation is 2. The maximum Gasteiger partial charge on any atom is 0.223 e. The van der Waals surface area contributed by atoms with E-state index < -0.39 is 0 Å². The lowest BCUT2D eigenvalue weighted by atomic mass is 10.1. The van der Waals surface area contributed by atoms with Gasteiger partial charge in [0.25, 0.3) is 0 Å². The Labute approximate surface area is 153 Å². The van der Waals surface area contributed by atoms with Gasteiger partial charge < -0.3 is 9.64 Å². The summed E-state index contributed by atoms with van der Waals surface area (Å²) in [5.74, 6) is 1.10. The first kappa shape index (κ1) is 17.9. The number of methoxy groups -OCH3 is 1. The van der Waals surface area contributed by atoms with Crippen LogP contribution in [0.2, 0.25) is 0 Å². The molecule has 5 heteroatoms. The predicted octanol–water partition coefficient (Wildman–Crippen LogP) is 4.36. The normalized spacial score (nSPS) is 14.6. The Morgan fingerprint density at radius 1 is 1.32 bits per heavy atom. The predicted molar refractivity (Wildman–Crippen MR) is 101 cm³/mol. The van der Waals surface area contributed by atoms with Crippen molar-refractivity contribution in [3.8, 4) is 5.75 Å². The smallest absolute Gasteiger partial charge is 0.223 e. The van der Waals surface area contributed by atoms with Gasteiger partial charge in [0.05, 0.1) is 18.3 Å². The van der Waals surface area contributed by atoms with Crippen LogP contribution in [0.4, 0.5) is 0 Å². The van der Waals surface area contributed by atoms with Crippen molar-refractivity contribution in [1.29, 1.82) is 0 Å². The Kier molecular flexibility index (Phi) is 6.08. The summed E-state index contributed by atoms with van der Waals surface area (Å²) < 4.78 is 5.48. The summed E-state index contributed by atoms with van der Waals surface area (Å²) >= 11 is 1.64. The van der Waals surface area contributed by atoms with Crippen LogP contribution < -0.4 is 4.74 Å². The molecule has 0 unspecified atom stereocenters. The van der Waals surface area contributed by atoms with E-state index in [9.17, 15) is 4.79 Å². The molecule has 0 N–H and O–H groups in total.